The zero-order chi connectivity index (χ0) is 30.8. The van der Waals surface area contributed by atoms with Crippen LogP contribution in [0.1, 0.15) is 37.0 Å². The van der Waals surface area contributed by atoms with E-state index >= 15 is 0 Å². The van der Waals surface area contributed by atoms with Crippen molar-refractivity contribution >= 4 is 27.5 Å². The summed E-state index contributed by atoms with van der Waals surface area (Å²) >= 11 is 0. The van der Waals surface area contributed by atoms with Crippen molar-refractivity contribution in [2.24, 2.45) is 0 Å². The highest BCUT2D eigenvalue weighted by Crippen LogP contribution is 2.25. The predicted octanol–water partition coefficient (Wildman–Crippen LogP) is 5.75. The maximum Gasteiger partial charge on any atom is 0.264 e. The van der Waals surface area contributed by atoms with E-state index in [9.17, 15) is 18.0 Å². The number of aryl methyl sites for hydroxylation is 1. The van der Waals surface area contributed by atoms with Crippen molar-refractivity contribution in [1.29, 1.82) is 0 Å². The number of para-hydroxylation sites is 1. The number of nitrogens with one attached hydrogen (secondary N) is 1. The van der Waals surface area contributed by atoms with Gasteiger partial charge in [0.25, 0.3) is 10.0 Å². The Morgan fingerprint density at radius 3 is 1.86 bits per heavy atom. The van der Waals surface area contributed by atoms with E-state index in [1.54, 1.807) is 54.6 Å². The van der Waals surface area contributed by atoms with E-state index in [1.807, 2.05) is 81.4 Å². The van der Waals surface area contributed by atoms with Gasteiger partial charge in [-0.05, 0) is 55.7 Å². The van der Waals surface area contributed by atoms with E-state index in [-0.39, 0.29) is 29.8 Å². The number of hydrogen-bond donors (Lipinski definition) is 1. The van der Waals surface area contributed by atoms with Crippen LogP contribution in [0.5, 0.6) is 0 Å². The van der Waals surface area contributed by atoms with Gasteiger partial charge in [-0.1, -0.05) is 103 Å². The average Bonchev–Trinajstić information content (AvgIpc) is 3.02. The fraction of sp³-hybridized carbons (Fsp3) is 0.257. The van der Waals surface area contributed by atoms with E-state index in [1.165, 1.54) is 4.90 Å². The molecule has 7 nitrogen and oxygen atoms in total. The number of nitrogens with zero attached hydrogens (tertiary/aromatic N) is 2. The lowest BCUT2D eigenvalue weighted by atomic mass is 10.0. The lowest BCUT2D eigenvalue weighted by Gasteiger charge is -2.34. The largest absolute Gasteiger partial charge is 0.352 e. The van der Waals surface area contributed by atoms with Crippen LogP contribution < -0.4 is 9.62 Å². The van der Waals surface area contributed by atoms with Crippen LogP contribution in [0.4, 0.5) is 5.69 Å². The number of rotatable bonds is 13. The summed E-state index contributed by atoms with van der Waals surface area (Å²) in [6, 6.07) is 33.1. The first-order valence-corrected chi connectivity index (χ1v) is 15.9. The molecule has 0 saturated heterocycles. The second kappa shape index (κ2) is 14.6. The number of anilines is 1. The summed E-state index contributed by atoms with van der Waals surface area (Å²) in [6.45, 7) is 5.45. The highest BCUT2D eigenvalue weighted by atomic mass is 32.2. The summed E-state index contributed by atoms with van der Waals surface area (Å²) in [5, 5.41) is 3.05. The van der Waals surface area contributed by atoms with Gasteiger partial charge in [-0.25, -0.2) is 8.42 Å². The van der Waals surface area contributed by atoms with Crippen LogP contribution in [0.3, 0.4) is 0 Å². The van der Waals surface area contributed by atoms with Gasteiger partial charge in [-0.3, -0.25) is 13.9 Å². The van der Waals surface area contributed by atoms with Gasteiger partial charge >= 0.3 is 0 Å². The monoisotopic (exact) mass is 597 g/mol. The minimum Gasteiger partial charge on any atom is -0.352 e. The highest BCUT2D eigenvalue weighted by molar-refractivity contribution is 7.92. The third-order valence-electron chi connectivity index (χ3n) is 7.40. The summed E-state index contributed by atoms with van der Waals surface area (Å²) in [5.41, 5.74) is 3.01. The van der Waals surface area contributed by atoms with Crippen molar-refractivity contribution < 1.29 is 18.0 Å². The van der Waals surface area contributed by atoms with E-state index in [2.05, 4.69) is 5.32 Å². The van der Waals surface area contributed by atoms with Crippen LogP contribution in [-0.4, -0.2) is 43.8 Å². The summed E-state index contributed by atoms with van der Waals surface area (Å²) in [7, 11) is -4.11. The molecule has 0 spiro atoms. The van der Waals surface area contributed by atoms with Crippen molar-refractivity contribution in [3.8, 4) is 0 Å². The average molecular weight is 598 g/mol. The van der Waals surface area contributed by atoms with Crippen LogP contribution in [0.2, 0.25) is 0 Å². The van der Waals surface area contributed by atoms with Gasteiger partial charge in [0, 0.05) is 19.0 Å². The molecule has 0 heterocycles. The maximum atomic E-state index is 14.4. The van der Waals surface area contributed by atoms with Gasteiger partial charge in [-0.2, -0.15) is 0 Å². The van der Waals surface area contributed by atoms with Gasteiger partial charge < -0.3 is 10.2 Å². The van der Waals surface area contributed by atoms with Crippen LogP contribution in [0.15, 0.2) is 120 Å². The molecule has 0 saturated carbocycles. The molecule has 2 atom stereocenters. The Morgan fingerprint density at radius 1 is 0.767 bits per heavy atom. The Morgan fingerprint density at radius 2 is 1.30 bits per heavy atom. The lowest BCUT2D eigenvalue weighted by molar-refractivity contribution is -0.140. The molecule has 0 bridgehead atoms. The first-order valence-electron chi connectivity index (χ1n) is 14.5. The molecule has 1 N–H and O–H groups in total. The molecule has 0 radical (unpaired) electrons. The number of carbonyl (C=O) groups excluding carboxylic acids is 2. The lowest BCUT2D eigenvalue weighted by Crippen LogP contribution is -2.54. The predicted molar refractivity (Wildman–Crippen MR) is 171 cm³/mol. The fourth-order valence-corrected chi connectivity index (χ4v) is 6.15. The summed E-state index contributed by atoms with van der Waals surface area (Å²) in [4.78, 5) is 29.8. The fourth-order valence-electron chi connectivity index (χ4n) is 4.74. The van der Waals surface area contributed by atoms with Gasteiger partial charge in [0.15, 0.2) is 0 Å². The quantitative estimate of drug-likeness (QED) is 0.213. The molecule has 0 fully saturated rings. The highest BCUT2D eigenvalue weighted by Gasteiger charge is 2.34. The third kappa shape index (κ3) is 8.32. The van der Waals surface area contributed by atoms with Crippen LogP contribution >= 0.6 is 0 Å². The number of amides is 2. The van der Waals surface area contributed by atoms with Crippen molar-refractivity contribution in [3.05, 3.63) is 132 Å². The molecule has 8 heteroatoms. The molecule has 4 aromatic rings. The van der Waals surface area contributed by atoms with E-state index < -0.39 is 28.5 Å². The standard InChI is InChI=1S/C35H39N3O4S/c1-4-28(3)36-35(40)33(24-29-14-8-5-9-15-29)37(25-30-16-10-6-11-17-30)34(39)26-38(31-18-12-7-13-19-31)43(41,42)32-22-20-27(2)21-23-32/h5-23,28,33H,4,24-26H2,1-3H3,(H,36,40). The second-order valence-corrected chi connectivity index (χ2v) is 12.6. The van der Waals surface area contributed by atoms with E-state index in [0.717, 1.165) is 27.4 Å². The summed E-state index contributed by atoms with van der Waals surface area (Å²) in [6.07, 6.45) is 1.00. The minimum absolute atomic E-state index is 0.0831. The zero-order valence-corrected chi connectivity index (χ0v) is 25.7. The van der Waals surface area contributed by atoms with Crippen LogP contribution in [0, 0.1) is 6.92 Å². The minimum atomic E-state index is -4.11. The van der Waals surface area contributed by atoms with Crippen molar-refractivity contribution in [3.63, 3.8) is 0 Å². The summed E-state index contributed by atoms with van der Waals surface area (Å²) < 4.78 is 29.2. The SMILES string of the molecule is CCC(C)NC(=O)C(Cc1ccccc1)N(Cc1ccccc1)C(=O)CN(c1ccccc1)S(=O)(=O)c1ccc(C)cc1. The normalized spacial score (nSPS) is 12.6. The number of carbonyl (C=O) groups is 2. The molecule has 0 aromatic heterocycles. The Labute approximate surface area is 255 Å². The zero-order valence-electron chi connectivity index (χ0n) is 24.9. The number of sulfonamides is 1. The first kappa shape index (κ1) is 31.5. The number of hydrogen-bond acceptors (Lipinski definition) is 4. The molecule has 4 rings (SSSR count). The van der Waals surface area contributed by atoms with Gasteiger partial charge in [0.05, 0.1) is 10.6 Å². The smallest absolute Gasteiger partial charge is 0.264 e. The molecule has 43 heavy (non-hydrogen) atoms. The molecule has 0 aliphatic heterocycles. The molecule has 2 amide bonds. The molecule has 0 aliphatic rings. The topological polar surface area (TPSA) is 86.8 Å². The van der Waals surface area contributed by atoms with Crippen LogP contribution in [0.25, 0.3) is 0 Å². The summed E-state index contributed by atoms with van der Waals surface area (Å²) in [5.74, 6) is -0.765. The van der Waals surface area contributed by atoms with Gasteiger partial charge in [-0.15, -0.1) is 0 Å². The van der Waals surface area contributed by atoms with Crippen molar-refractivity contribution in [2.75, 3.05) is 10.8 Å². The molecule has 224 valence electrons. The second-order valence-electron chi connectivity index (χ2n) is 10.7. The molecular formula is C35H39N3O4S. The Bertz CT molecular complexity index is 1580. The Balaban J connectivity index is 1.77. The van der Waals surface area contributed by atoms with Gasteiger partial charge in [0.2, 0.25) is 11.8 Å². The molecule has 2 unspecified atom stereocenters. The van der Waals surface area contributed by atoms with E-state index in [4.69, 9.17) is 0 Å². The third-order valence-corrected chi connectivity index (χ3v) is 9.19. The van der Waals surface area contributed by atoms with Crippen LogP contribution in [-0.2, 0) is 32.6 Å². The molecule has 4 aromatic carbocycles. The van der Waals surface area contributed by atoms with E-state index in [0.29, 0.717) is 5.69 Å². The molecule has 0 aliphatic carbocycles. The number of benzene rings is 4. The molecular weight excluding hydrogens is 558 g/mol. The Kier molecular flexibility index (Phi) is 10.7. The van der Waals surface area contributed by atoms with Gasteiger partial charge in [0.1, 0.15) is 12.6 Å². The van der Waals surface area contributed by atoms with Crippen molar-refractivity contribution in [2.45, 2.75) is 57.1 Å². The Hall–Kier alpha value is -4.43. The maximum absolute atomic E-state index is 14.4. The van der Waals surface area contributed by atoms with Crippen molar-refractivity contribution in [1.82, 2.24) is 10.2 Å². The first-order chi connectivity index (χ1) is 20.7.